The first-order valence-corrected chi connectivity index (χ1v) is 5.97. The van der Waals surface area contributed by atoms with Crippen molar-refractivity contribution in [2.75, 3.05) is 24.6 Å². The number of aliphatic hydroxyl groups is 1. The van der Waals surface area contributed by atoms with E-state index in [1.54, 1.807) is 0 Å². The van der Waals surface area contributed by atoms with Crippen LogP contribution in [-0.2, 0) is 0 Å². The summed E-state index contributed by atoms with van der Waals surface area (Å²) in [6.07, 6.45) is 0.782. The van der Waals surface area contributed by atoms with Crippen molar-refractivity contribution >= 4 is 21.7 Å². The normalized spacial score (nSPS) is 10.4. The number of aromatic nitrogens is 1. The number of hydrogen-bond acceptors (Lipinski definition) is 3. The van der Waals surface area contributed by atoms with Crippen LogP contribution in [0.4, 0.5) is 5.82 Å². The molecule has 1 aromatic heterocycles. The Morgan fingerprint density at radius 2 is 2.20 bits per heavy atom. The highest BCUT2D eigenvalue weighted by Crippen LogP contribution is 2.18. The Balaban J connectivity index is 2.78. The van der Waals surface area contributed by atoms with Gasteiger partial charge in [0, 0.05) is 24.2 Å². The van der Waals surface area contributed by atoms with Crippen molar-refractivity contribution in [2.45, 2.75) is 20.3 Å². The average Bonchev–Trinajstić information content (AvgIpc) is 2.24. The fraction of sp³-hybridized carbons (Fsp3) is 0.545. The number of halogens is 1. The SMILES string of the molecule is CCN(CCCO)c1ccc(Br)c(C)n1. The standard InChI is InChI=1S/C11H17BrN2O/c1-3-14(7-4-8-15)11-6-5-10(12)9(2)13-11/h5-6,15H,3-4,7-8H2,1-2H3. The Labute approximate surface area is 99.3 Å². The van der Waals surface area contributed by atoms with E-state index in [0.717, 1.165) is 35.5 Å². The van der Waals surface area contributed by atoms with E-state index in [4.69, 9.17) is 5.11 Å². The highest BCUT2D eigenvalue weighted by molar-refractivity contribution is 9.10. The van der Waals surface area contributed by atoms with Crippen LogP contribution in [0.25, 0.3) is 0 Å². The van der Waals surface area contributed by atoms with Crippen molar-refractivity contribution < 1.29 is 5.11 Å². The Kier molecular flexibility index (Phi) is 5.05. The van der Waals surface area contributed by atoms with E-state index in [2.05, 4.69) is 32.7 Å². The van der Waals surface area contributed by atoms with E-state index in [9.17, 15) is 0 Å². The summed E-state index contributed by atoms with van der Waals surface area (Å²) in [4.78, 5) is 6.66. The molecule has 0 aliphatic carbocycles. The van der Waals surface area contributed by atoms with Gasteiger partial charge in [-0.2, -0.15) is 0 Å². The van der Waals surface area contributed by atoms with Gasteiger partial charge in [-0.15, -0.1) is 0 Å². The quantitative estimate of drug-likeness (QED) is 0.894. The lowest BCUT2D eigenvalue weighted by molar-refractivity contribution is 0.289. The topological polar surface area (TPSA) is 36.4 Å². The van der Waals surface area contributed by atoms with Gasteiger partial charge in [-0.25, -0.2) is 4.98 Å². The third kappa shape index (κ3) is 3.47. The molecule has 15 heavy (non-hydrogen) atoms. The number of pyridine rings is 1. The van der Waals surface area contributed by atoms with Gasteiger partial charge < -0.3 is 10.0 Å². The van der Waals surface area contributed by atoms with E-state index in [-0.39, 0.29) is 6.61 Å². The Morgan fingerprint density at radius 1 is 1.47 bits per heavy atom. The first-order valence-electron chi connectivity index (χ1n) is 5.18. The summed E-state index contributed by atoms with van der Waals surface area (Å²) in [5, 5.41) is 8.80. The van der Waals surface area contributed by atoms with Crippen LogP contribution in [0.5, 0.6) is 0 Å². The van der Waals surface area contributed by atoms with E-state index in [1.807, 2.05) is 19.1 Å². The third-order valence-electron chi connectivity index (χ3n) is 2.30. The summed E-state index contributed by atoms with van der Waals surface area (Å²) in [5.41, 5.74) is 0.995. The van der Waals surface area contributed by atoms with Crippen molar-refractivity contribution in [1.29, 1.82) is 0 Å². The first-order chi connectivity index (χ1) is 7.19. The van der Waals surface area contributed by atoms with Gasteiger partial charge in [0.05, 0.1) is 5.69 Å². The molecule has 84 valence electrons. The van der Waals surface area contributed by atoms with Crippen LogP contribution in [0.3, 0.4) is 0 Å². The number of aryl methyl sites for hydroxylation is 1. The highest BCUT2D eigenvalue weighted by Gasteiger charge is 2.06. The first kappa shape index (κ1) is 12.5. The molecule has 0 saturated carbocycles. The molecule has 0 aliphatic rings. The molecule has 4 heteroatoms. The van der Waals surface area contributed by atoms with Gasteiger partial charge in [0.2, 0.25) is 0 Å². The van der Waals surface area contributed by atoms with Crippen LogP contribution < -0.4 is 4.90 Å². The Morgan fingerprint density at radius 3 is 2.73 bits per heavy atom. The maximum atomic E-state index is 8.80. The predicted octanol–water partition coefficient (Wildman–Crippen LogP) is 2.36. The van der Waals surface area contributed by atoms with Gasteiger partial charge >= 0.3 is 0 Å². The number of anilines is 1. The van der Waals surface area contributed by atoms with Gasteiger partial charge in [0.15, 0.2) is 0 Å². The number of aliphatic hydroxyl groups excluding tert-OH is 1. The molecular formula is C11H17BrN2O. The van der Waals surface area contributed by atoms with Gasteiger partial charge in [-0.1, -0.05) is 0 Å². The number of rotatable bonds is 5. The van der Waals surface area contributed by atoms with E-state index < -0.39 is 0 Å². The van der Waals surface area contributed by atoms with E-state index in [0.29, 0.717) is 0 Å². The minimum absolute atomic E-state index is 0.228. The smallest absolute Gasteiger partial charge is 0.128 e. The second-order valence-electron chi connectivity index (χ2n) is 3.39. The third-order valence-corrected chi connectivity index (χ3v) is 3.14. The molecule has 0 spiro atoms. The van der Waals surface area contributed by atoms with E-state index in [1.165, 1.54) is 0 Å². The zero-order valence-electron chi connectivity index (χ0n) is 9.20. The Bertz CT molecular complexity index is 317. The zero-order valence-corrected chi connectivity index (χ0v) is 10.8. The molecule has 1 N–H and O–H groups in total. The largest absolute Gasteiger partial charge is 0.396 e. The van der Waals surface area contributed by atoms with Crippen molar-refractivity contribution in [3.8, 4) is 0 Å². The number of hydrogen-bond donors (Lipinski definition) is 1. The van der Waals surface area contributed by atoms with Crippen LogP contribution in [0.2, 0.25) is 0 Å². The maximum Gasteiger partial charge on any atom is 0.128 e. The van der Waals surface area contributed by atoms with Crippen LogP contribution in [-0.4, -0.2) is 29.8 Å². The Hall–Kier alpha value is -0.610. The maximum absolute atomic E-state index is 8.80. The van der Waals surface area contributed by atoms with Crippen molar-refractivity contribution in [1.82, 2.24) is 4.98 Å². The molecular weight excluding hydrogens is 256 g/mol. The summed E-state index contributed by atoms with van der Waals surface area (Å²) in [5.74, 6) is 0.978. The molecule has 0 unspecified atom stereocenters. The lowest BCUT2D eigenvalue weighted by Crippen LogP contribution is -2.25. The van der Waals surface area contributed by atoms with Gasteiger partial charge in [0.25, 0.3) is 0 Å². The summed E-state index contributed by atoms with van der Waals surface area (Å²) >= 11 is 3.43. The summed E-state index contributed by atoms with van der Waals surface area (Å²) < 4.78 is 1.03. The molecule has 0 saturated heterocycles. The molecule has 0 amide bonds. The fourth-order valence-corrected chi connectivity index (χ4v) is 1.62. The monoisotopic (exact) mass is 272 g/mol. The van der Waals surface area contributed by atoms with Crippen molar-refractivity contribution in [3.63, 3.8) is 0 Å². The lowest BCUT2D eigenvalue weighted by atomic mass is 10.3. The molecule has 3 nitrogen and oxygen atoms in total. The van der Waals surface area contributed by atoms with Crippen LogP contribution >= 0.6 is 15.9 Å². The van der Waals surface area contributed by atoms with Crippen LogP contribution in [0.15, 0.2) is 16.6 Å². The second kappa shape index (κ2) is 6.08. The number of nitrogens with zero attached hydrogens (tertiary/aromatic N) is 2. The molecule has 1 aromatic rings. The molecule has 0 radical (unpaired) electrons. The predicted molar refractivity (Wildman–Crippen MR) is 66.3 cm³/mol. The summed E-state index contributed by atoms with van der Waals surface area (Å²) in [6.45, 7) is 6.06. The summed E-state index contributed by atoms with van der Waals surface area (Å²) in [6, 6.07) is 4.01. The zero-order chi connectivity index (χ0) is 11.3. The van der Waals surface area contributed by atoms with Crippen LogP contribution in [0, 0.1) is 6.92 Å². The molecule has 0 aromatic carbocycles. The minimum atomic E-state index is 0.228. The molecule has 0 fully saturated rings. The highest BCUT2D eigenvalue weighted by atomic mass is 79.9. The fourth-order valence-electron chi connectivity index (χ4n) is 1.40. The molecule has 0 aliphatic heterocycles. The molecule has 0 atom stereocenters. The van der Waals surface area contributed by atoms with Gasteiger partial charge in [-0.3, -0.25) is 0 Å². The van der Waals surface area contributed by atoms with Crippen LogP contribution in [0.1, 0.15) is 19.0 Å². The summed E-state index contributed by atoms with van der Waals surface area (Å²) in [7, 11) is 0. The van der Waals surface area contributed by atoms with E-state index >= 15 is 0 Å². The van der Waals surface area contributed by atoms with Gasteiger partial charge in [-0.05, 0) is 48.3 Å². The van der Waals surface area contributed by atoms with Crippen molar-refractivity contribution in [2.24, 2.45) is 0 Å². The molecule has 0 bridgehead atoms. The lowest BCUT2D eigenvalue weighted by Gasteiger charge is -2.21. The van der Waals surface area contributed by atoms with Crippen molar-refractivity contribution in [3.05, 3.63) is 22.3 Å². The van der Waals surface area contributed by atoms with Gasteiger partial charge in [0.1, 0.15) is 5.82 Å². The second-order valence-corrected chi connectivity index (χ2v) is 4.25. The molecule has 1 heterocycles. The minimum Gasteiger partial charge on any atom is -0.396 e. The average molecular weight is 273 g/mol. The molecule has 1 rings (SSSR count).